The van der Waals surface area contributed by atoms with Crippen LogP contribution in [0.25, 0.3) is 0 Å². The molecular formula is C18H19FN2O3. The number of carbonyl (C=O) groups is 1. The lowest BCUT2D eigenvalue weighted by Gasteiger charge is -2.17. The van der Waals surface area contributed by atoms with Gasteiger partial charge in [-0.25, -0.2) is 9.37 Å². The third kappa shape index (κ3) is 4.22. The Balaban J connectivity index is 1.48. The molecule has 1 aliphatic heterocycles. The number of benzene rings is 1. The van der Waals surface area contributed by atoms with E-state index in [1.54, 1.807) is 4.90 Å². The number of rotatable bonds is 5. The maximum absolute atomic E-state index is 12.8. The average Bonchev–Trinajstić information content (AvgIpc) is 3.03. The van der Waals surface area contributed by atoms with Gasteiger partial charge in [-0.2, -0.15) is 0 Å². The van der Waals surface area contributed by atoms with Gasteiger partial charge in [0.05, 0.1) is 6.54 Å². The molecule has 2 aromatic rings. The standard InChI is InChI=1S/C18H19FN2O3/c1-13-3-2-4-17(20-13)24-16-9-10-21(11-16)18(22)12-23-15-7-5-14(19)6-8-15/h2-8,16H,9-12H2,1H3. The van der Waals surface area contributed by atoms with Crippen molar-refractivity contribution in [3.8, 4) is 11.6 Å². The molecule has 0 aliphatic carbocycles. The van der Waals surface area contributed by atoms with E-state index in [2.05, 4.69) is 4.98 Å². The van der Waals surface area contributed by atoms with Crippen molar-refractivity contribution in [3.63, 3.8) is 0 Å². The molecule has 0 N–H and O–H groups in total. The van der Waals surface area contributed by atoms with Gasteiger partial charge in [0.1, 0.15) is 17.7 Å². The molecule has 3 rings (SSSR count). The van der Waals surface area contributed by atoms with Gasteiger partial charge in [0, 0.05) is 24.7 Å². The Hall–Kier alpha value is -2.63. The maximum atomic E-state index is 12.8. The van der Waals surface area contributed by atoms with Crippen LogP contribution in [0.1, 0.15) is 12.1 Å². The van der Waals surface area contributed by atoms with Crippen molar-refractivity contribution in [1.29, 1.82) is 0 Å². The highest BCUT2D eigenvalue weighted by atomic mass is 19.1. The van der Waals surface area contributed by atoms with Gasteiger partial charge in [0.2, 0.25) is 5.88 Å². The summed E-state index contributed by atoms with van der Waals surface area (Å²) in [6.45, 7) is 2.98. The number of halogens is 1. The van der Waals surface area contributed by atoms with E-state index < -0.39 is 0 Å². The van der Waals surface area contributed by atoms with E-state index in [0.29, 0.717) is 24.7 Å². The smallest absolute Gasteiger partial charge is 0.260 e. The summed E-state index contributed by atoms with van der Waals surface area (Å²) in [6, 6.07) is 11.2. The van der Waals surface area contributed by atoms with Gasteiger partial charge in [0.15, 0.2) is 6.61 Å². The van der Waals surface area contributed by atoms with Crippen LogP contribution in [0.5, 0.6) is 11.6 Å². The molecule has 0 spiro atoms. The number of aromatic nitrogens is 1. The van der Waals surface area contributed by atoms with Crippen molar-refractivity contribution in [2.75, 3.05) is 19.7 Å². The van der Waals surface area contributed by atoms with Crippen LogP contribution in [-0.4, -0.2) is 41.6 Å². The Bertz CT molecular complexity index is 706. The number of nitrogens with zero attached hydrogens (tertiary/aromatic N) is 2. The monoisotopic (exact) mass is 330 g/mol. The molecule has 0 bridgehead atoms. The molecule has 1 aliphatic rings. The van der Waals surface area contributed by atoms with Crippen LogP contribution in [0.15, 0.2) is 42.5 Å². The quantitative estimate of drug-likeness (QED) is 0.845. The molecule has 1 unspecified atom stereocenters. The lowest BCUT2D eigenvalue weighted by Crippen LogP contribution is -2.34. The highest BCUT2D eigenvalue weighted by Gasteiger charge is 2.28. The summed E-state index contributed by atoms with van der Waals surface area (Å²) in [6.07, 6.45) is 0.701. The minimum atomic E-state index is -0.335. The fraction of sp³-hybridized carbons (Fsp3) is 0.333. The second kappa shape index (κ2) is 7.29. The highest BCUT2D eigenvalue weighted by Crippen LogP contribution is 2.17. The topological polar surface area (TPSA) is 51.7 Å². The van der Waals surface area contributed by atoms with E-state index in [0.717, 1.165) is 12.1 Å². The molecule has 0 radical (unpaired) electrons. The Labute approximate surface area is 140 Å². The SMILES string of the molecule is Cc1cccc(OC2CCN(C(=O)COc3ccc(F)cc3)C2)n1. The summed E-state index contributed by atoms with van der Waals surface area (Å²) < 4.78 is 24.0. The Kier molecular flexibility index (Phi) is 4.93. The van der Waals surface area contributed by atoms with Crippen molar-refractivity contribution in [1.82, 2.24) is 9.88 Å². The minimum Gasteiger partial charge on any atom is -0.484 e. The van der Waals surface area contributed by atoms with Gasteiger partial charge in [-0.15, -0.1) is 0 Å². The van der Waals surface area contributed by atoms with Crippen LogP contribution in [-0.2, 0) is 4.79 Å². The normalized spacial score (nSPS) is 16.9. The van der Waals surface area contributed by atoms with Gasteiger partial charge in [0.25, 0.3) is 5.91 Å². The Morgan fingerprint density at radius 3 is 2.83 bits per heavy atom. The fourth-order valence-corrected chi connectivity index (χ4v) is 2.57. The first-order chi connectivity index (χ1) is 11.6. The average molecular weight is 330 g/mol. The van der Waals surface area contributed by atoms with Crippen LogP contribution in [0.2, 0.25) is 0 Å². The number of pyridine rings is 1. The van der Waals surface area contributed by atoms with E-state index >= 15 is 0 Å². The molecule has 126 valence electrons. The number of aryl methyl sites for hydroxylation is 1. The molecular weight excluding hydrogens is 311 g/mol. The van der Waals surface area contributed by atoms with Crippen LogP contribution in [0, 0.1) is 12.7 Å². The van der Waals surface area contributed by atoms with Gasteiger partial charge < -0.3 is 14.4 Å². The molecule has 1 aromatic heterocycles. The largest absolute Gasteiger partial charge is 0.484 e. The van der Waals surface area contributed by atoms with Gasteiger partial charge in [-0.1, -0.05) is 6.07 Å². The molecule has 1 aromatic carbocycles. The molecule has 5 nitrogen and oxygen atoms in total. The Morgan fingerprint density at radius 2 is 2.08 bits per heavy atom. The van der Waals surface area contributed by atoms with Crippen LogP contribution in [0.4, 0.5) is 4.39 Å². The van der Waals surface area contributed by atoms with Crippen molar-refractivity contribution in [3.05, 3.63) is 54.0 Å². The zero-order valence-corrected chi connectivity index (χ0v) is 13.4. The number of hydrogen-bond donors (Lipinski definition) is 0. The van der Waals surface area contributed by atoms with Gasteiger partial charge >= 0.3 is 0 Å². The van der Waals surface area contributed by atoms with Crippen molar-refractivity contribution in [2.24, 2.45) is 0 Å². The summed E-state index contributed by atoms with van der Waals surface area (Å²) in [5.74, 6) is 0.609. The fourth-order valence-electron chi connectivity index (χ4n) is 2.57. The lowest BCUT2D eigenvalue weighted by molar-refractivity contribution is -0.132. The molecule has 1 saturated heterocycles. The van der Waals surface area contributed by atoms with Crippen molar-refractivity contribution < 1.29 is 18.7 Å². The van der Waals surface area contributed by atoms with Crippen LogP contribution < -0.4 is 9.47 Å². The van der Waals surface area contributed by atoms with Gasteiger partial charge in [-0.3, -0.25) is 4.79 Å². The number of amides is 1. The molecule has 1 amide bonds. The third-order valence-electron chi connectivity index (χ3n) is 3.82. The summed E-state index contributed by atoms with van der Waals surface area (Å²) >= 11 is 0. The van der Waals surface area contributed by atoms with E-state index in [-0.39, 0.29) is 24.4 Å². The first-order valence-electron chi connectivity index (χ1n) is 7.86. The summed E-state index contributed by atoms with van der Waals surface area (Å²) in [4.78, 5) is 18.2. The number of likely N-dealkylation sites (tertiary alicyclic amines) is 1. The van der Waals surface area contributed by atoms with E-state index in [1.165, 1.54) is 24.3 Å². The number of ether oxygens (including phenoxy) is 2. The van der Waals surface area contributed by atoms with E-state index in [9.17, 15) is 9.18 Å². The summed E-state index contributed by atoms with van der Waals surface area (Å²) in [7, 11) is 0. The molecule has 24 heavy (non-hydrogen) atoms. The predicted molar refractivity (Wildman–Crippen MR) is 86.5 cm³/mol. The lowest BCUT2D eigenvalue weighted by atomic mass is 10.3. The first-order valence-corrected chi connectivity index (χ1v) is 7.86. The van der Waals surface area contributed by atoms with Crippen molar-refractivity contribution in [2.45, 2.75) is 19.4 Å². The molecule has 0 saturated carbocycles. The summed E-state index contributed by atoms with van der Waals surface area (Å²) in [5.41, 5.74) is 0.895. The van der Waals surface area contributed by atoms with E-state index in [1.807, 2.05) is 25.1 Å². The van der Waals surface area contributed by atoms with Crippen LogP contribution >= 0.6 is 0 Å². The maximum Gasteiger partial charge on any atom is 0.260 e. The zero-order chi connectivity index (χ0) is 16.9. The molecule has 1 atom stereocenters. The van der Waals surface area contributed by atoms with Gasteiger partial charge in [-0.05, 0) is 37.3 Å². The minimum absolute atomic E-state index is 0.0610. The van der Waals surface area contributed by atoms with Crippen LogP contribution in [0.3, 0.4) is 0 Å². The number of carbonyl (C=O) groups excluding carboxylic acids is 1. The van der Waals surface area contributed by atoms with Crippen molar-refractivity contribution >= 4 is 5.91 Å². The predicted octanol–water partition coefficient (Wildman–Crippen LogP) is 2.59. The molecule has 2 heterocycles. The second-order valence-corrected chi connectivity index (χ2v) is 5.73. The zero-order valence-electron chi connectivity index (χ0n) is 13.4. The highest BCUT2D eigenvalue weighted by molar-refractivity contribution is 5.78. The van der Waals surface area contributed by atoms with E-state index in [4.69, 9.17) is 9.47 Å². The Morgan fingerprint density at radius 1 is 1.29 bits per heavy atom. The third-order valence-corrected chi connectivity index (χ3v) is 3.82. The molecule has 1 fully saturated rings. The summed E-state index contributed by atoms with van der Waals surface area (Å²) in [5, 5.41) is 0. The first kappa shape index (κ1) is 16.2. The molecule has 6 heteroatoms. The second-order valence-electron chi connectivity index (χ2n) is 5.73. The number of hydrogen-bond acceptors (Lipinski definition) is 4.